The molecule has 4 rings (SSSR count). The van der Waals surface area contributed by atoms with Gasteiger partial charge in [0.1, 0.15) is 0 Å². The van der Waals surface area contributed by atoms with Gasteiger partial charge >= 0.3 is 12.1 Å². The van der Waals surface area contributed by atoms with Crippen molar-refractivity contribution in [3.63, 3.8) is 0 Å². The first-order valence-electron chi connectivity index (χ1n) is 10.0. The van der Waals surface area contributed by atoms with Crippen LogP contribution < -0.4 is 5.32 Å². The highest BCUT2D eigenvalue weighted by Gasteiger charge is 2.45. The smallest absolute Gasteiger partial charge is 0.475 e. The minimum Gasteiger partial charge on any atom is -0.475 e. The van der Waals surface area contributed by atoms with Crippen molar-refractivity contribution >= 4 is 17.8 Å². The molecule has 0 bridgehead atoms. The molecule has 3 fully saturated rings. The zero-order valence-electron chi connectivity index (χ0n) is 16.7. The number of hydrogen-bond donors (Lipinski definition) is 2. The second-order valence-electron chi connectivity index (χ2n) is 8.00. The van der Waals surface area contributed by atoms with Crippen molar-refractivity contribution in [2.45, 2.75) is 31.5 Å². The largest absolute Gasteiger partial charge is 0.490 e. The van der Waals surface area contributed by atoms with E-state index >= 15 is 0 Å². The number of carboxylic acid groups (broad SMARTS) is 1. The number of aliphatic carboxylic acids is 1. The number of likely N-dealkylation sites (tertiary alicyclic amines) is 1. The van der Waals surface area contributed by atoms with Crippen LogP contribution in [0.3, 0.4) is 0 Å². The average molecular weight is 443 g/mol. The third-order valence-electron chi connectivity index (χ3n) is 5.64. The van der Waals surface area contributed by atoms with Crippen molar-refractivity contribution in [2.75, 3.05) is 26.2 Å². The number of aromatic nitrogens is 1. The Bertz CT molecular complexity index is 801. The highest BCUT2D eigenvalue weighted by Crippen LogP contribution is 2.36. The Labute approximate surface area is 176 Å². The van der Waals surface area contributed by atoms with Crippen molar-refractivity contribution in [3.8, 4) is 0 Å². The number of ether oxygens (including phenoxy) is 1. The first kappa shape index (κ1) is 23.0. The number of halogens is 3. The number of fused-ring (bicyclic) bond motifs is 1. The van der Waals surface area contributed by atoms with Crippen LogP contribution in [0.25, 0.3) is 0 Å². The van der Waals surface area contributed by atoms with Gasteiger partial charge < -0.3 is 20.1 Å². The van der Waals surface area contributed by atoms with Gasteiger partial charge in [0.25, 0.3) is 5.91 Å². The fourth-order valence-electron chi connectivity index (χ4n) is 3.73. The maximum Gasteiger partial charge on any atom is 0.490 e. The maximum absolute atomic E-state index is 12.3. The van der Waals surface area contributed by atoms with Crippen LogP contribution in [0.4, 0.5) is 13.2 Å². The van der Waals surface area contributed by atoms with Gasteiger partial charge in [-0.2, -0.15) is 13.2 Å². The summed E-state index contributed by atoms with van der Waals surface area (Å²) in [5.74, 6) is -1.36. The molecule has 11 heteroatoms. The van der Waals surface area contributed by atoms with Gasteiger partial charge in [0.2, 0.25) is 5.91 Å². The maximum atomic E-state index is 12.3. The molecule has 1 aromatic rings. The van der Waals surface area contributed by atoms with Crippen LogP contribution >= 0.6 is 0 Å². The molecule has 8 nitrogen and oxygen atoms in total. The molecule has 2 saturated heterocycles. The molecule has 31 heavy (non-hydrogen) atoms. The van der Waals surface area contributed by atoms with Crippen molar-refractivity contribution in [2.24, 2.45) is 17.8 Å². The van der Waals surface area contributed by atoms with E-state index in [1.54, 1.807) is 24.5 Å². The number of rotatable bonds is 5. The molecular weight excluding hydrogens is 419 g/mol. The normalized spacial score (nSPS) is 24.7. The molecule has 2 aliphatic heterocycles. The topological polar surface area (TPSA) is 109 Å². The zero-order valence-corrected chi connectivity index (χ0v) is 16.7. The second kappa shape index (κ2) is 9.63. The van der Waals surface area contributed by atoms with E-state index in [1.165, 1.54) is 12.8 Å². The predicted molar refractivity (Wildman–Crippen MR) is 101 cm³/mol. The molecule has 3 heterocycles. The summed E-state index contributed by atoms with van der Waals surface area (Å²) in [6, 6.07) is 3.51. The molecule has 1 aromatic heterocycles. The fraction of sp³-hybridized carbons (Fsp3) is 0.600. The van der Waals surface area contributed by atoms with Crippen molar-refractivity contribution < 1.29 is 37.4 Å². The summed E-state index contributed by atoms with van der Waals surface area (Å²) in [4.78, 5) is 39.2. The lowest BCUT2D eigenvalue weighted by Gasteiger charge is -2.20. The molecule has 0 unspecified atom stereocenters. The van der Waals surface area contributed by atoms with Gasteiger partial charge in [0.15, 0.2) is 0 Å². The van der Waals surface area contributed by atoms with Crippen LogP contribution in [0.15, 0.2) is 24.5 Å². The molecule has 3 atom stereocenters. The average Bonchev–Trinajstić information content (AvgIpc) is 3.30. The van der Waals surface area contributed by atoms with E-state index in [-0.39, 0.29) is 23.8 Å². The van der Waals surface area contributed by atoms with E-state index in [4.69, 9.17) is 14.6 Å². The number of hydrogen-bond acceptors (Lipinski definition) is 5. The number of carboxylic acids is 1. The third kappa shape index (κ3) is 6.39. The van der Waals surface area contributed by atoms with Gasteiger partial charge in [0, 0.05) is 50.3 Å². The fourth-order valence-corrected chi connectivity index (χ4v) is 3.73. The molecule has 0 aromatic carbocycles. The van der Waals surface area contributed by atoms with Gasteiger partial charge in [-0.15, -0.1) is 0 Å². The van der Waals surface area contributed by atoms with Crippen LogP contribution in [-0.4, -0.2) is 71.3 Å². The Morgan fingerprint density at radius 1 is 1.26 bits per heavy atom. The summed E-state index contributed by atoms with van der Waals surface area (Å²) in [7, 11) is 0. The summed E-state index contributed by atoms with van der Waals surface area (Å²) in [5.41, 5.74) is 0.570. The number of amides is 2. The van der Waals surface area contributed by atoms with Crippen LogP contribution in [0.1, 0.15) is 29.6 Å². The molecule has 2 N–H and O–H groups in total. The summed E-state index contributed by atoms with van der Waals surface area (Å²) < 4.78 is 37.6. The number of carbonyl (C=O) groups is 3. The lowest BCUT2D eigenvalue weighted by molar-refractivity contribution is -0.192. The van der Waals surface area contributed by atoms with Crippen molar-refractivity contribution in [1.82, 2.24) is 15.2 Å². The molecule has 170 valence electrons. The van der Waals surface area contributed by atoms with Crippen molar-refractivity contribution in [1.29, 1.82) is 0 Å². The third-order valence-corrected chi connectivity index (χ3v) is 5.64. The van der Waals surface area contributed by atoms with E-state index in [0.717, 1.165) is 6.54 Å². The lowest BCUT2D eigenvalue weighted by atomic mass is 9.93. The number of nitrogens with one attached hydrogen (secondary N) is 1. The van der Waals surface area contributed by atoms with E-state index in [1.807, 2.05) is 4.90 Å². The quantitative estimate of drug-likeness (QED) is 0.718. The van der Waals surface area contributed by atoms with E-state index in [9.17, 15) is 22.8 Å². The van der Waals surface area contributed by atoms with E-state index in [0.29, 0.717) is 43.5 Å². The lowest BCUT2D eigenvalue weighted by Crippen LogP contribution is -2.35. The Balaban J connectivity index is 0.000000339. The zero-order chi connectivity index (χ0) is 22.6. The Kier molecular flexibility index (Phi) is 7.14. The molecule has 0 spiro atoms. The van der Waals surface area contributed by atoms with Crippen LogP contribution in [0, 0.1) is 17.8 Å². The monoisotopic (exact) mass is 443 g/mol. The Morgan fingerprint density at radius 3 is 2.55 bits per heavy atom. The van der Waals surface area contributed by atoms with E-state index < -0.39 is 12.1 Å². The molecule has 1 aliphatic carbocycles. The number of pyridine rings is 1. The highest BCUT2D eigenvalue weighted by molar-refractivity contribution is 5.93. The van der Waals surface area contributed by atoms with Crippen LogP contribution in [0.5, 0.6) is 0 Å². The Morgan fingerprint density at radius 2 is 1.97 bits per heavy atom. The van der Waals surface area contributed by atoms with Gasteiger partial charge in [-0.25, -0.2) is 4.79 Å². The summed E-state index contributed by atoms with van der Waals surface area (Å²) >= 11 is 0. The number of nitrogens with zero attached hydrogens (tertiary/aromatic N) is 2. The first-order valence-corrected chi connectivity index (χ1v) is 10.0. The van der Waals surface area contributed by atoms with Crippen LogP contribution in [-0.2, 0) is 14.3 Å². The first-order chi connectivity index (χ1) is 14.6. The van der Waals surface area contributed by atoms with Crippen molar-refractivity contribution in [3.05, 3.63) is 30.1 Å². The standard InChI is InChI=1S/C18H23N3O3.C2HF3O2/c22-17(6-12-3-4-12)21-9-15-14(11-24-16(15)10-21)8-20-18(23)13-2-1-5-19-7-13;3-2(4,5)1(6)7/h1-2,5,7,12,14-16H,3-4,6,8-11H2,(H,20,23);(H,6,7)/t14-,15-,16-;/m1./s1. The van der Waals surface area contributed by atoms with Gasteiger partial charge in [0.05, 0.1) is 18.3 Å². The molecular formula is C20H24F3N3O5. The van der Waals surface area contributed by atoms with Gasteiger partial charge in [-0.1, -0.05) is 0 Å². The summed E-state index contributed by atoms with van der Waals surface area (Å²) in [6.45, 7) is 2.72. The summed E-state index contributed by atoms with van der Waals surface area (Å²) in [5, 5.41) is 10.1. The van der Waals surface area contributed by atoms with Gasteiger partial charge in [-0.05, 0) is 30.9 Å². The SMILES string of the molecule is O=C(NC[C@@H]1CO[C@@H]2CN(C(=O)CC3CC3)C[C@H]12)c1cccnc1.O=C(O)C(F)(F)F. The number of alkyl halides is 3. The molecule has 0 radical (unpaired) electrons. The number of carbonyl (C=O) groups excluding carboxylic acids is 2. The molecule has 1 saturated carbocycles. The van der Waals surface area contributed by atoms with E-state index in [2.05, 4.69) is 10.3 Å². The summed E-state index contributed by atoms with van der Waals surface area (Å²) in [6.07, 6.45) is 1.36. The minimum absolute atomic E-state index is 0.105. The highest BCUT2D eigenvalue weighted by atomic mass is 19.4. The van der Waals surface area contributed by atoms with Gasteiger partial charge in [-0.3, -0.25) is 14.6 Å². The van der Waals surface area contributed by atoms with Crippen LogP contribution in [0.2, 0.25) is 0 Å². The molecule has 3 aliphatic rings. The Hall–Kier alpha value is -2.69. The minimum atomic E-state index is -5.08. The second-order valence-corrected chi connectivity index (χ2v) is 8.00. The molecule has 2 amide bonds. The predicted octanol–water partition coefficient (Wildman–Crippen LogP) is 1.72.